The molecule has 2 aromatic carbocycles. The maximum absolute atomic E-state index is 12.0. The second-order valence-corrected chi connectivity index (χ2v) is 9.45. The Morgan fingerprint density at radius 2 is 1.42 bits per heavy atom. The summed E-state index contributed by atoms with van der Waals surface area (Å²) in [7, 11) is -4.08. The van der Waals surface area contributed by atoms with Gasteiger partial charge in [-0.05, 0) is 49.6 Å². The molecular weight excluding hydrogens is 458 g/mol. The maximum Gasteiger partial charge on any atom is 0.266 e. The first-order chi connectivity index (χ1) is 13.9. The van der Waals surface area contributed by atoms with Crippen LogP contribution in [0.5, 0.6) is 5.75 Å². The second-order valence-electron chi connectivity index (χ2n) is 7.87. The highest BCUT2D eigenvalue weighted by Gasteiger charge is 2.56. The van der Waals surface area contributed by atoms with E-state index in [2.05, 4.69) is 0 Å². The highest BCUT2D eigenvalue weighted by molar-refractivity contribution is 7.86. The van der Waals surface area contributed by atoms with Gasteiger partial charge in [-0.2, -0.15) is 8.42 Å². The van der Waals surface area contributed by atoms with Crippen LogP contribution in [-0.4, -0.2) is 75.2 Å². The van der Waals surface area contributed by atoms with Crippen LogP contribution < -0.4 is 0 Å². The zero-order valence-electron chi connectivity index (χ0n) is 18.4. The van der Waals surface area contributed by atoms with E-state index in [1.807, 2.05) is 30.3 Å². The van der Waals surface area contributed by atoms with E-state index in [0.717, 1.165) is 11.8 Å². The summed E-state index contributed by atoms with van der Waals surface area (Å²) in [5.41, 5.74) is -2.49. The van der Waals surface area contributed by atoms with Crippen LogP contribution in [0.1, 0.15) is 30.9 Å². The van der Waals surface area contributed by atoms with Gasteiger partial charge in [0.15, 0.2) is 5.72 Å². The van der Waals surface area contributed by atoms with Gasteiger partial charge >= 0.3 is 0 Å². The normalized spacial score (nSPS) is 18.1. The van der Waals surface area contributed by atoms with Crippen LogP contribution in [0.15, 0.2) is 54.6 Å². The Balaban J connectivity index is 0.00000341. The molecule has 12 heteroatoms. The van der Waals surface area contributed by atoms with Crippen LogP contribution in [0.25, 0.3) is 0 Å². The molecule has 1 aliphatic rings. The molecule has 1 unspecified atom stereocenters. The Labute approximate surface area is 192 Å². The Morgan fingerprint density at radius 1 is 0.939 bits per heavy atom. The van der Waals surface area contributed by atoms with Crippen molar-refractivity contribution in [1.82, 2.24) is 4.90 Å². The number of benzene rings is 2. The van der Waals surface area contributed by atoms with Gasteiger partial charge in [-0.1, -0.05) is 30.3 Å². The zero-order chi connectivity index (χ0) is 22.2. The van der Waals surface area contributed by atoms with Gasteiger partial charge in [-0.3, -0.25) is 4.90 Å². The van der Waals surface area contributed by atoms with Gasteiger partial charge < -0.3 is 36.9 Å². The van der Waals surface area contributed by atoms with E-state index in [0.29, 0.717) is 0 Å². The number of aromatic hydroxyl groups is 1. The van der Waals surface area contributed by atoms with E-state index in [9.17, 15) is 28.8 Å². The number of nitrogens with zero attached hydrogens (tertiary/aromatic N) is 1. The first-order valence-electron chi connectivity index (χ1n) is 9.55. The topological polar surface area (TPSA) is 222 Å². The summed E-state index contributed by atoms with van der Waals surface area (Å²) >= 11 is 0. The third kappa shape index (κ3) is 6.26. The number of phenols is 1. The first-order valence-corrected chi connectivity index (χ1v) is 11.4. The maximum atomic E-state index is 12.0. The minimum atomic E-state index is -4.08. The van der Waals surface area contributed by atoms with Crippen LogP contribution in [0.2, 0.25) is 0 Å². The van der Waals surface area contributed by atoms with Crippen LogP contribution >= 0.6 is 0 Å². The van der Waals surface area contributed by atoms with Crippen molar-refractivity contribution in [1.29, 1.82) is 0 Å². The average molecular weight is 492 g/mol. The molecular formula is C21H33NO10S. The fourth-order valence-corrected chi connectivity index (χ4v) is 4.74. The van der Waals surface area contributed by atoms with Gasteiger partial charge in [0.25, 0.3) is 10.1 Å². The van der Waals surface area contributed by atoms with Gasteiger partial charge in [-0.25, -0.2) is 4.18 Å². The van der Waals surface area contributed by atoms with Gasteiger partial charge in [-0.15, -0.1) is 0 Å². The molecule has 10 N–H and O–H groups in total. The standard InChI is InChI=1S/C21H27NO7S.3H2O/c1-19(29-30(2,27)28,21(25,26)17-8-10-18(23)11-9-17)22-14-12-20(24,13-15-22)16-6-4-3-5-7-16;;;/h3-11,23-26H,12-15H2,1-2H3;3*1H2. The molecule has 1 atom stereocenters. The minimum absolute atomic E-state index is 0. The molecule has 1 saturated heterocycles. The van der Waals surface area contributed by atoms with Gasteiger partial charge in [0.1, 0.15) is 5.75 Å². The smallest absolute Gasteiger partial charge is 0.266 e. The Bertz CT molecular complexity index is 974. The van der Waals surface area contributed by atoms with E-state index in [1.165, 1.54) is 36.1 Å². The van der Waals surface area contributed by atoms with Gasteiger partial charge in [0.05, 0.1) is 11.9 Å². The fourth-order valence-electron chi connectivity index (χ4n) is 3.93. The Kier molecular flexibility index (Phi) is 10.2. The second kappa shape index (κ2) is 10.9. The molecule has 1 fully saturated rings. The van der Waals surface area contributed by atoms with Crippen molar-refractivity contribution in [2.24, 2.45) is 0 Å². The lowest BCUT2D eigenvalue weighted by molar-refractivity contribution is -0.321. The van der Waals surface area contributed by atoms with Crippen molar-refractivity contribution in [3.8, 4) is 5.75 Å². The lowest BCUT2D eigenvalue weighted by atomic mass is 9.82. The summed E-state index contributed by atoms with van der Waals surface area (Å²) in [4.78, 5) is 1.50. The lowest BCUT2D eigenvalue weighted by Gasteiger charge is -2.50. The molecule has 33 heavy (non-hydrogen) atoms. The number of likely N-dealkylation sites (tertiary alicyclic amines) is 1. The number of aliphatic hydroxyl groups is 3. The van der Waals surface area contributed by atoms with Crippen LogP contribution in [0.4, 0.5) is 0 Å². The highest BCUT2D eigenvalue weighted by atomic mass is 32.2. The highest BCUT2D eigenvalue weighted by Crippen LogP contribution is 2.42. The van der Waals surface area contributed by atoms with Gasteiger partial charge in [0, 0.05) is 18.7 Å². The quantitative estimate of drug-likeness (QED) is 0.281. The summed E-state index contributed by atoms with van der Waals surface area (Å²) in [6, 6.07) is 14.2. The van der Waals surface area contributed by atoms with E-state index >= 15 is 0 Å². The molecule has 0 amide bonds. The molecule has 1 heterocycles. The van der Waals surface area contributed by atoms with E-state index in [4.69, 9.17) is 4.18 Å². The Hall–Kier alpha value is -2.13. The van der Waals surface area contributed by atoms with Crippen LogP contribution in [-0.2, 0) is 25.7 Å². The molecule has 188 valence electrons. The van der Waals surface area contributed by atoms with Crippen LogP contribution in [0, 0.1) is 0 Å². The molecule has 0 bridgehead atoms. The molecule has 0 saturated carbocycles. The molecule has 11 nitrogen and oxygen atoms in total. The predicted molar refractivity (Wildman–Crippen MR) is 121 cm³/mol. The molecule has 2 aromatic rings. The van der Waals surface area contributed by atoms with E-state index < -0.39 is 27.2 Å². The fraction of sp³-hybridized carbons (Fsp3) is 0.429. The average Bonchev–Trinajstić information content (AvgIpc) is 2.68. The van der Waals surface area contributed by atoms with Crippen molar-refractivity contribution < 1.29 is 49.5 Å². The number of hydrogen-bond donors (Lipinski definition) is 4. The summed E-state index contributed by atoms with van der Waals surface area (Å²) < 4.78 is 29.3. The van der Waals surface area contributed by atoms with Crippen LogP contribution in [0.3, 0.4) is 0 Å². The van der Waals surface area contributed by atoms with Crippen molar-refractivity contribution in [2.75, 3.05) is 19.3 Å². The monoisotopic (exact) mass is 491 g/mol. The van der Waals surface area contributed by atoms with E-state index in [-0.39, 0.29) is 53.7 Å². The Morgan fingerprint density at radius 3 is 1.88 bits per heavy atom. The summed E-state index contributed by atoms with van der Waals surface area (Å²) in [5.74, 6) is -2.81. The number of phenolic OH excluding ortho intramolecular Hbond substituents is 1. The van der Waals surface area contributed by atoms with Crippen molar-refractivity contribution in [3.05, 3.63) is 65.7 Å². The van der Waals surface area contributed by atoms with E-state index in [1.54, 1.807) is 0 Å². The van der Waals surface area contributed by atoms with Crippen molar-refractivity contribution >= 4 is 10.1 Å². The minimum Gasteiger partial charge on any atom is -0.508 e. The predicted octanol–water partition coefficient (Wildman–Crippen LogP) is -1.27. The lowest BCUT2D eigenvalue weighted by Crippen LogP contribution is -2.65. The summed E-state index contributed by atoms with van der Waals surface area (Å²) in [6.07, 6.45) is 1.32. The van der Waals surface area contributed by atoms with Crippen molar-refractivity contribution in [2.45, 2.75) is 36.9 Å². The summed E-state index contributed by atoms with van der Waals surface area (Å²) in [5, 5.41) is 42.6. The summed E-state index contributed by atoms with van der Waals surface area (Å²) in [6.45, 7) is 1.59. The largest absolute Gasteiger partial charge is 0.508 e. The number of hydrogen-bond acceptors (Lipinski definition) is 8. The number of piperidine rings is 1. The SMILES string of the molecule is CC(OS(C)(=O)=O)(N1CCC(O)(c2ccccc2)CC1)C(O)(O)c1ccc(O)cc1.O.O.O. The molecule has 0 spiro atoms. The third-order valence-corrected chi connectivity index (χ3v) is 6.36. The molecule has 1 aliphatic heterocycles. The third-order valence-electron chi connectivity index (χ3n) is 5.74. The van der Waals surface area contributed by atoms with Crippen molar-refractivity contribution in [3.63, 3.8) is 0 Å². The first kappa shape index (κ1) is 30.9. The number of rotatable bonds is 6. The van der Waals surface area contributed by atoms with Gasteiger partial charge in [0.2, 0.25) is 5.79 Å². The molecule has 3 rings (SSSR count). The molecule has 0 aliphatic carbocycles. The molecule has 0 aromatic heterocycles. The molecule has 0 radical (unpaired) electrons. The zero-order valence-corrected chi connectivity index (χ0v) is 19.2.